The van der Waals surface area contributed by atoms with E-state index in [1.54, 1.807) is 34.4 Å². The van der Waals surface area contributed by atoms with E-state index in [-0.39, 0.29) is 5.56 Å². The van der Waals surface area contributed by atoms with E-state index < -0.39 is 0 Å². The molecule has 0 fully saturated rings. The monoisotopic (exact) mass is 379 g/mol. The quantitative estimate of drug-likeness (QED) is 0.486. The molecule has 0 radical (unpaired) electrons. The van der Waals surface area contributed by atoms with Crippen molar-refractivity contribution in [3.05, 3.63) is 32.7 Å². The van der Waals surface area contributed by atoms with E-state index in [9.17, 15) is 4.79 Å². The van der Waals surface area contributed by atoms with Crippen LogP contribution >= 0.6 is 34.4 Å². The highest BCUT2D eigenvalue weighted by atomic mass is 32.2. The lowest BCUT2D eigenvalue weighted by Crippen LogP contribution is -2.25. The third kappa shape index (κ3) is 3.59. The van der Waals surface area contributed by atoms with Crippen LogP contribution in [0, 0.1) is 6.92 Å². The Bertz CT molecular complexity index is 863. The fraction of sp³-hybridized carbons (Fsp3) is 0.412. The second kappa shape index (κ2) is 7.82. The van der Waals surface area contributed by atoms with Crippen LogP contribution in [0.3, 0.4) is 0 Å². The van der Waals surface area contributed by atoms with Crippen LogP contribution in [0.5, 0.6) is 0 Å². The third-order valence-corrected chi connectivity index (χ3v) is 6.76. The van der Waals surface area contributed by atoms with Crippen LogP contribution in [0.15, 0.2) is 27.5 Å². The molecule has 0 aliphatic heterocycles. The van der Waals surface area contributed by atoms with E-state index in [1.165, 1.54) is 0 Å². The van der Waals surface area contributed by atoms with Crippen molar-refractivity contribution in [2.75, 3.05) is 25.4 Å². The molecular weight excluding hydrogens is 358 g/mol. The van der Waals surface area contributed by atoms with Crippen molar-refractivity contribution in [1.82, 2.24) is 14.9 Å². The first-order valence-corrected chi connectivity index (χ1v) is 10.7. The number of thioether (sulfide) groups is 1. The number of thiophene rings is 2. The zero-order chi connectivity index (χ0) is 17.1. The van der Waals surface area contributed by atoms with Gasteiger partial charge in [-0.1, -0.05) is 31.7 Å². The second-order valence-electron chi connectivity index (χ2n) is 5.44. The van der Waals surface area contributed by atoms with Crippen LogP contribution in [-0.2, 0) is 0 Å². The lowest BCUT2D eigenvalue weighted by Gasteiger charge is -2.16. The smallest absolute Gasteiger partial charge is 0.260 e. The van der Waals surface area contributed by atoms with Gasteiger partial charge < -0.3 is 9.88 Å². The minimum absolute atomic E-state index is 0.0295. The van der Waals surface area contributed by atoms with Crippen molar-refractivity contribution in [2.24, 2.45) is 0 Å². The number of hydrogen-bond donors (Lipinski definition) is 1. The second-order valence-corrected chi connectivity index (χ2v) is 8.67. The van der Waals surface area contributed by atoms with Crippen LogP contribution in [-0.4, -0.2) is 40.3 Å². The minimum Gasteiger partial charge on any atom is -0.303 e. The summed E-state index contributed by atoms with van der Waals surface area (Å²) in [6.07, 6.45) is 0. The van der Waals surface area contributed by atoms with Crippen molar-refractivity contribution in [2.45, 2.75) is 25.9 Å². The summed E-state index contributed by atoms with van der Waals surface area (Å²) in [4.78, 5) is 25.8. The van der Waals surface area contributed by atoms with Gasteiger partial charge in [0.15, 0.2) is 5.16 Å². The van der Waals surface area contributed by atoms with Gasteiger partial charge in [0, 0.05) is 27.6 Å². The maximum atomic E-state index is 12.6. The molecule has 1 N–H and O–H groups in total. The van der Waals surface area contributed by atoms with Crippen LogP contribution in [0.4, 0.5) is 0 Å². The molecule has 128 valence electrons. The summed E-state index contributed by atoms with van der Waals surface area (Å²) in [5, 5.41) is 3.49. The molecule has 24 heavy (non-hydrogen) atoms. The van der Waals surface area contributed by atoms with Gasteiger partial charge in [0.2, 0.25) is 0 Å². The maximum absolute atomic E-state index is 12.6. The van der Waals surface area contributed by atoms with E-state index >= 15 is 0 Å². The van der Waals surface area contributed by atoms with Gasteiger partial charge >= 0.3 is 0 Å². The Morgan fingerprint density at radius 2 is 2.12 bits per heavy atom. The van der Waals surface area contributed by atoms with Crippen LogP contribution in [0.1, 0.15) is 18.7 Å². The Morgan fingerprint density at radius 3 is 2.79 bits per heavy atom. The van der Waals surface area contributed by atoms with Crippen LogP contribution < -0.4 is 5.56 Å². The number of H-pyrrole nitrogens is 1. The number of aromatic amines is 1. The predicted molar refractivity (Wildman–Crippen MR) is 107 cm³/mol. The standard InChI is InChI=1S/C17H21N3OS3/c1-4-20(5-2)8-10-23-17-18-15(21)14-13(12-7-6-9-22-12)11(3)24-16(14)19-17/h6-7,9H,4-5,8,10H2,1-3H3,(H,18,19,21). The Balaban J connectivity index is 1.88. The first-order valence-electron chi connectivity index (χ1n) is 8.06. The van der Waals surface area contributed by atoms with E-state index in [1.807, 2.05) is 11.4 Å². The van der Waals surface area contributed by atoms with Gasteiger partial charge in [-0.2, -0.15) is 0 Å². The molecule has 0 bridgehead atoms. The van der Waals surface area contributed by atoms with Gasteiger partial charge in [0.1, 0.15) is 4.83 Å². The first-order chi connectivity index (χ1) is 11.6. The molecule has 0 saturated carbocycles. The van der Waals surface area contributed by atoms with Gasteiger partial charge in [-0.05, 0) is 31.5 Å². The molecule has 4 nitrogen and oxygen atoms in total. The summed E-state index contributed by atoms with van der Waals surface area (Å²) in [7, 11) is 0. The highest BCUT2D eigenvalue weighted by Gasteiger charge is 2.17. The zero-order valence-corrected chi connectivity index (χ0v) is 16.5. The molecule has 0 amide bonds. The molecule has 3 heterocycles. The summed E-state index contributed by atoms with van der Waals surface area (Å²) in [5.41, 5.74) is 1.01. The topological polar surface area (TPSA) is 49.0 Å². The van der Waals surface area contributed by atoms with Crippen molar-refractivity contribution >= 4 is 44.7 Å². The number of fused-ring (bicyclic) bond motifs is 1. The van der Waals surface area contributed by atoms with Crippen LogP contribution in [0.2, 0.25) is 0 Å². The molecule has 3 aromatic heterocycles. The Morgan fingerprint density at radius 1 is 1.33 bits per heavy atom. The summed E-state index contributed by atoms with van der Waals surface area (Å²) in [6, 6.07) is 4.08. The average Bonchev–Trinajstić information content (AvgIpc) is 3.18. The summed E-state index contributed by atoms with van der Waals surface area (Å²) in [5.74, 6) is 0.929. The summed E-state index contributed by atoms with van der Waals surface area (Å²) < 4.78 is 0. The average molecular weight is 380 g/mol. The predicted octanol–water partition coefficient (Wildman–Crippen LogP) is 4.46. The molecule has 0 aliphatic rings. The van der Waals surface area contributed by atoms with Gasteiger partial charge in [0.25, 0.3) is 5.56 Å². The van der Waals surface area contributed by atoms with Crippen molar-refractivity contribution in [3.63, 3.8) is 0 Å². The molecular formula is C17H21N3OS3. The Labute approximate surface area is 153 Å². The van der Waals surface area contributed by atoms with E-state index in [0.29, 0.717) is 0 Å². The largest absolute Gasteiger partial charge is 0.303 e. The van der Waals surface area contributed by atoms with Crippen molar-refractivity contribution < 1.29 is 0 Å². The van der Waals surface area contributed by atoms with E-state index in [4.69, 9.17) is 0 Å². The molecule has 7 heteroatoms. The van der Waals surface area contributed by atoms with Gasteiger partial charge in [-0.15, -0.1) is 22.7 Å². The molecule has 0 atom stereocenters. The minimum atomic E-state index is -0.0295. The number of rotatable bonds is 7. The number of aromatic nitrogens is 2. The summed E-state index contributed by atoms with van der Waals surface area (Å²) in [6.45, 7) is 9.50. The lowest BCUT2D eigenvalue weighted by atomic mass is 10.1. The Kier molecular flexibility index (Phi) is 5.76. The molecule has 3 rings (SSSR count). The molecule has 0 aromatic carbocycles. The molecule has 3 aromatic rings. The van der Waals surface area contributed by atoms with Gasteiger partial charge in [-0.3, -0.25) is 4.79 Å². The fourth-order valence-corrected chi connectivity index (χ4v) is 5.55. The van der Waals surface area contributed by atoms with E-state index in [2.05, 4.69) is 41.7 Å². The van der Waals surface area contributed by atoms with Gasteiger partial charge in [-0.25, -0.2) is 4.98 Å². The summed E-state index contributed by atoms with van der Waals surface area (Å²) >= 11 is 4.89. The van der Waals surface area contributed by atoms with Crippen LogP contribution in [0.25, 0.3) is 20.7 Å². The number of aryl methyl sites for hydroxylation is 1. The Hall–Kier alpha value is -1.15. The van der Waals surface area contributed by atoms with Crippen molar-refractivity contribution in [3.8, 4) is 10.4 Å². The maximum Gasteiger partial charge on any atom is 0.260 e. The highest BCUT2D eigenvalue weighted by molar-refractivity contribution is 7.99. The van der Waals surface area contributed by atoms with Gasteiger partial charge in [0.05, 0.1) is 5.39 Å². The van der Waals surface area contributed by atoms with E-state index in [0.717, 1.165) is 56.1 Å². The third-order valence-electron chi connectivity index (χ3n) is 4.02. The first kappa shape index (κ1) is 17.7. The number of nitrogens with zero attached hydrogens (tertiary/aromatic N) is 2. The van der Waals surface area contributed by atoms with Crippen molar-refractivity contribution in [1.29, 1.82) is 0 Å². The lowest BCUT2D eigenvalue weighted by molar-refractivity contribution is 0.324. The fourth-order valence-electron chi connectivity index (χ4n) is 2.70. The number of nitrogens with one attached hydrogen (secondary N) is 1. The number of hydrogen-bond acceptors (Lipinski definition) is 6. The molecule has 0 unspecified atom stereocenters. The zero-order valence-electron chi connectivity index (χ0n) is 14.1. The highest BCUT2D eigenvalue weighted by Crippen LogP contribution is 2.38. The molecule has 0 spiro atoms. The molecule has 0 aliphatic carbocycles. The normalized spacial score (nSPS) is 11.7. The SMILES string of the molecule is CCN(CC)CCSc1nc2sc(C)c(-c3cccs3)c2c(=O)[nH]1. The molecule has 0 saturated heterocycles.